The monoisotopic (exact) mass is 233 g/mol. The minimum absolute atomic E-state index is 0.0861. The fraction of sp³-hybridized carbons (Fsp3) is 1.00. The molecule has 0 saturated heterocycles. The second-order valence-corrected chi connectivity index (χ2v) is 7.54. The Hall–Kier alpha value is -0.0900. The largest absolute Gasteiger partial charge is 0.325 e. The van der Waals surface area contributed by atoms with Gasteiger partial charge < -0.3 is 5.73 Å². The van der Waals surface area contributed by atoms with Gasteiger partial charge in [-0.3, -0.25) is 0 Å². The van der Waals surface area contributed by atoms with E-state index in [0.29, 0.717) is 6.42 Å². The molecule has 0 bridgehead atoms. The molecule has 0 aromatic rings. The van der Waals surface area contributed by atoms with Crippen molar-refractivity contribution in [3.8, 4) is 0 Å². The summed E-state index contributed by atoms with van der Waals surface area (Å²) in [4.78, 5) is 0. The van der Waals surface area contributed by atoms with Gasteiger partial charge in [0.05, 0.1) is 0 Å². The first-order valence-electron chi connectivity index (χ1n) is 5.77. The van der Waals surface area contributed by atoms with Gasteiger partial charge in [-0.25, -0.2) is 8.42 Å². The van der Waals surface area contributed by atoms with Gasteiger partial charge in [0.25, 0.3) is 0 Å². The van der Waals surface area contributed by atoms with Crippen molar-refractivity contribution in [1.29, 1.82) is 0 Å². The summed E-state index contributed by atoms with van der Waals surface area (Å²) in [5, 5.41) is 0. The van der Waals surface area contributed by atoms with Gasteiger partial charge in [-0.2, -0.15) is 0 Å². The molecule has 1 aliphatic carbocycles. The third-order valence-corrected chi connectivity index (χ3v) is 4.49. The number of hydrogen-bond acceptors (Lipinski definition) is 3. The second-order valence-electron chi connectivity index (χ2n) is 5.28. The number of rotatable bonds is 4. The van der Waals surface area contributed by atoms with Crippen molar-refractivity contribution in [3.63, 3.8) is 0 Å². The van der Waals surface area contributed by atoms with Gasteiger partial charge in [-0.1, -0.05) is 6.92 Å². The zero-order valence-corrected chi connectivity index (χ0v) is 10.6. The molecule has 1 saturated carbocycles. The van der Waals surface area contributed by atoms with Gasteiger partial charge in [-0.15, -0.1) is 0 Å². The SMILES string of the molecule is CC1CCC(N)(CCCS(C)(=O)=O)CC1. The molecule has 3 nitrogen and oxygen atoms in total. The number of sulfone groups is 1. The van der Waals surface area contributed by atoms with Crippen molar-refractivity contribution in [2.75, 3.05) is 12.0 Å². The van der Waals surface area contributed by atoms with Crippen LogP contribution >= 0.6 is 0 Å². The molecular formula is C11H23NO2S. The van der Waals surface area contributed by atoms with Gasteiger partial charge in [0.1, 0.15) is 9.84 Å². The van der Waals surface area contributed by atoms with E-state index in [2.05, 4.69) is 6.92 Å². The van der Waals surface area contributed by atoms with Crippen LogP contribution in [-0.4, -0.2) is 26.0 Å². The molecule has 1 fully saturated rings. The summed E-state index contributed by atoms with van der Waals surface area (Å²) in [7, 11) is -2.82. The standard InChI is InChI=1S/C11H23NO2S/c1-10-4-7-11(12,8-5-10)6-3-9-15(2,13)14/h10H,3-9,12H2,1-2H3. The van der Waals surface area contributed by atoms with E-state index in [4.69, 9.17) is 5.73 Å². The summed E-state index contributed by atoms with van der Waals surface area (Å²) >= 11 is 0. The van der Waals surface area contributed by atoms with Crippen LogP contribution in [0.5, 0.6) is 0 Å². The van der Waals surface area contributed by atoms with Crippen LogP contribution in [0.3, 0.4) is 0 Å². The third kappa shape index (κ3) is 4.98. The van der Waals surface area contributed by atoms with Crippen LogP contribution in [0.4, 0.5) is 0 Å². The van der Waals surface area contributed by atoms with Crippen molar-refractivity contribution in [1.82, 2.24) is 0 Å². The van der Waals surface area contributed by atoms with E-state index in [1.54, 1.807) is 0 Å². The van der Waals surface area contributed by atoms with E-state index in [9.17, 15) is 8.42 Å². The Morgan fingerprint density at radius 3 is 2.33 bits per heavy atom. The molecule has 4 heteroatoms. The number of nitrogens with two attached hydrogens (primary N) is 1. The summed E-state index contributed by atoms with van der Waals surface area (Å²) in [5.74, 6) is 1.07. The lowest BCUT2D eigenvalue weighted by atomic mass is 9.75. The summed E-state index contributed by atoms with van der Waals surface area (Å²) < 4.78 is 22.0. The molecule has 15 heavy (non-hydrogen) atoms. The zero-order valence-electron chi connectivity index (χ0n) is 9.83. The molecular weight excluding hydrogens is 210 g/mol. The maximum Gasteiger partial charge on any atom is 0.147 e. The first-order valence-corrected chi connectivity index (χ1v) is 7.83. The average molecular weight is 233 g/mol. The van der Waals surface area contributed by atoms with Crippen molar-refractivity contribution >= 4 is 9.84 Å². The minimum atomic E-state index is -2.82. The smallest absolute Gasteiger partial charge is 0.147 e. The van der Waals surface area contributed by atoms with E-state index >= 15 is 0 Å². The highest BCUT2D eigenvalue weighted by Crippen LogP contribution is 2.32. The third-order valence-electron chi connectivity index (χ3n) is 3.46. The van der Waals surface area contributed by atoms with Crippen LogP contribution in [0.25, 0.3) is 0 Å². The van der Waals surface area contributed by atoms with Crippen LogP contribution in [0.2, 0.25) is 0 Å². The quantitative estimate of drug-likeness (QED) is 0.804. The van der Waals surface area contributed by atoms with Gasteiger partial charge in [0.15, 0.2) is 0 Å². The van der Waals surface area contributed by atoms with E-state index in [1.165, 1.54) is 19.1 Å². The van der Waals surface area contributed by atoms with E-state index in [-0.39, 0.29) is 11.3 Å². The number of hydrogen-bond donors (Lipinski definition) is 1. The molecule has 0 radical (unpaired) electrons. The Bertz CT molecular complexity index is 290. The molecule has 0 aromatic carbocycles. The fourth-order valence-electron chi connectivity index (χ4n) is 2.27. The predicted molar refractivity (Wildman–Crippen MR) is 63.5 cm³/mol. The van der Waals surface area contributed by atoms with Gasteiger partial charge in [0.2, 0.25) is 0 Å². The van der Waals surface area contributed by atoms with Crippen molar-refractivity contribution in [3.05, 3.63) is 0 Å². The molecule has 0 spiro atoms. The molecule has 0 amide bonds. The van der Waals surface area contributed by atoms with Crippen LogP contribution < -0.4 is 5.73 Å². The second kappa shape index (κ2) is 4.83. The predicted octanol–water partition coefficient (Wildman–Crippen LogP) is 1.72. The van der Waals surface area contributed by atoms with Crippen LogP contribution in [0.15, 0.2) is 0 Å². The topological polar surface area (TPSA) is 60.2 Å². The minimum Gasteiger partial charge on any atom is -0.325 e. The first-order chi connectivity index (χ1) is 6.81. The molecule has 0 atom stereocenters. The van der Waals surface area contributed by atoms with E-state index in [0.717, 1.165) is 25.2 Å². The Kier molecular flexibility index (Phi) is 4.18. The normalized spacial score (nSPS) is 32.9. The summed E-state index contributed by atoms with van der Waals surface area (Å²) in [6, 6.07) is 0. The van der Waals surface area contributed by atoms with Crippen LogP contribution in [0, 0.1) is 5.92 Å². The fourth-order valence-corrected chi connectivity index (χ4v) is 2.94. The molecule has 0 aliphatic heterocycles. The maximum absolute atomic E-state index is 11.0. The highest BCUT2D eigenvalue weighted by atomic mass is 32.2. The highest BCUT2D eigenvalue weighted by Gasteiger charge is 2.29. The lowest BCUT2D eigenvalue weighted by Gasteiger charge is -2.36. The molecule has 0 unspecified atom stereocenters. The summed E-state index contributed by atoms with van der Waals surface area (Å²) in [6.07, 6.45) is 7.34. The van der Waals surface area contributed by atoms with Gasteiger partial charge in [-0.05, 0) is 44.4 Å². The Balaban J connectivity index is 2.31. The van der Waals surface area contributed by atoms with Crippen molar-refractivity contribution in [2.45, 2.75) is 51.0 Å². The highest BCUT2D eigenvalue weighted by molar-refractivity contribution is 7.90. The molecule has 90 valence electrons. The molecule has 1 rings (SSSR count). The maximum atomic E-state index is 11.0. The first kappa shape index (κ1) is 13.0. The van der Waals surface area contributed by atoms with E-state index < -0.39 is 9.84 Å². The van der Waals surface area contributed by atoms with Crippen molar-refractivity contribution in [2.24, 2.45) is 11.7 Å². The Morgan fingerprint density at radius 1 is 1.33 bits per heavy atom. The van der Waals surface area contributed by atoms with E-state index in [1.807, 2.05) is 0 Å². The van der Waals surface area contributed by atoms with Crippen LogP contribution in [-0.2, 0) is 9.84 Å². The lowest BCUT2D eigenvalue weighted by molar-refractivity contribution is 0.231. The average Bonchev–Trinajstić information content (AvgIpc) is 2.09. The van der Waals surface area contributed by atoms with Gasteiger partial charge in [0, 0.05) is 17.5 Å². The summed E-state index contributed by atoms with van der Waals surface area (Å²) in [5.41, 5.74) is 6.17. The molecule has 2 N–H and O–H groups in total. The molecule has 0 heterocycles. The Labute approximate surface area is 93.3 Å². The zero-order chi connectivity index (χ0) is 11.5. The Morgan fingerprint density at radius 2 is 1.87 bits per heavy atom. The van der Waals surface area contributed by atoms with Crippen molar-refractivity contribution < 1.29 is 8.42 Å². The molecule has 0 aromatic heterocycles. The summed E-state index contributed by atoms with van der Waals surface area (Å²) in [6.45, 7) is 2.26. The van der Waals surface area contributed by atoms with Crippen LogP contribution in [0.1, 0.15) is 45.4 Å². The van der Waals surface area contributed by atoms with Gasteiger partial charge >= 0.3 is 0 Å². The molecule has 1 aliphatic rings. The lowest BCUT2D eigenvalue weighted by Crippen LogP contribution is -2.43.